The highest BCUT2D eigenvalue weighted by Gasteiger charge is 2.20. The molecule has 0 amide bonds. The molecule has 0 saturated carbocycles. The van der Waals surface area contributed by atoms with Gasteiger partial charge in [0.05, 0.1) is 6.61 Å². The van der Waals surface area contributed by atoms with Crippen molar-refractivity contribution in [2.45, 2.75) is 13.3 Å². The molecule has 1 aromatic heterocycles. The van der Waals surface area contributed by atoms with E-state index in [1.54, 1.807) is 0 Å². The van der Waals surface area contributed by atoms with E-state index in [-0.39, 0.29) is 24.2 Å². The second kappa shape index (κ2) is 10.2. The van der Waals surface area contributed by atoms with Crippen LogP contribution in [0.25, 0.3) is 10.1 Å². The van der Waals surface area contributed by atoms with Gasteiger partial charge < -0.3 is 9.64 Å². The molecule has 4 rings (SSSR count). The molecule has 0 spiro atoms. The molecule has 2 heterocycles. The van der Waals surface area contributed by atoms with Crippen molar-refractivity contribution < 1.29 is 13.9 Å². The Kier molecular flexibility index (Phi) is 7.69. The summed E-state index contributed by atoms with van der Waals surface area (Å²) in [6, 6.07) is 15.0. The third kappa shape index (κ3) is 5.12. The average Bonchev–Trinajstić information content (AvgIpc) is 3.19. The lowest BCUT2D eigenvalue weighted by Crippen LogP contribution is -2.47. The van der Waals surface area contributed by atoms with Gasteiger partial charge in [0.2, 0.25) is 0 Å². The molecule has 4 nitrogen and oxygen atoms in total. The normalized spacial score (nSPS) is 14.5. The van der Waals surface area contributed by atoms with Gasteiger partial charge in [0.15, 0.2) is 0 Å². The predicted molar refractivity (Wildman–Crippen MR) is 124 cm³/mol. The van der Waals surface area contributed by atoms with Gasteiger partial charge in [0.1, 0.15) is 10.7 Å². The van der Waals surface area contributed by atoms with Gasteiger partial charge in [-0.15, -0.1) is 23.7 Å². The van der Waals surface area contributed by atoms with Gasteiger partial charge in [-0.25, -0.2) is 9.18 Å². The quantitative estimate of drug-likeness (QED) is 0.496. The fourth-order valence-corrected chi connectivity index (χ4v) is 4.75. The summed E-state index contributed by atoms with van der Waals surface area (Å²) in [5.74, 6) is -0.429. The number of halogens is 2. The highest BCUT2D eigenvalue weighted by atomic mass is 35.5. The van der Waals surface area contributed by atoms with Crippen LogP contribution in [0, 0.1) is 5.82 Å². The van der Waals surface area contributed by atoms with Crippen LogP contribution in [-0.2, 0) is 11.2 Å². The Hall–Kier alpha value is -2.15. The molecule has 2 aromatic carbocycles. The van der Waals surface area contributed by atoms with E-state index in [1.807, 2.05) is 25.1 Å². The van der Waals surface area contributed by atoms with Gasteiger partial charge >= 0.3 is 5.97 Å². The molecule has 0 aliphatic carbocycles. The molecule has 0 radical (unpaired) electrons. The van der Waals surface area contributed by atoms with Crippen LogP contribution in [-0.4, -0.2) is 50.2 Å². The number of hydrogen-bond donors (Lipinski definition) is 0. The molecule has 1 aliphatic heterocycles. The van der Waals surface area contributed by atoms with Crippen molar-refractivity contribution in [3.05, 3.63) is 64.8 Å². The smallest absolute Gasteiger partial charge is 0.348 e. The topological polar surface area (TPSA) is 32.8 Å². The Labute approximate surface area is 186 Å². The van der Waals surface area contributed by atoms with E-state index in [1.165, 1.54) is 34.7 Å². The minimum absolute atomic E-state index is 0. The van der Waals surface area contributed by atoms with Crippen LogP contribution in [0.2, 0.25) is 0 Å². The molecule has 0 atom stereocenters. The van der Waals surface area contributed by atoms with Crippen LogP contribution < -0.4 is 4.90 Å². The number of esters is 1. The molecule has 1 fully saturated rings. The zero-order valence-electron chi connectivity index (χ0n) is 17.0. The lowest BCUT2D eigenvalue weighted by molar-refractivity contribution is 0.0532. The summed E-state index contributed by atoms with van der Waals surface area (Å²) in [4.78, 5) is 17.6. The summed E-state index contributed by atoms with van der Waals surface area (Å²) in [5, 5.41) is 1.13. The molecule has 3 aromatic rings. The third-order valence-corrected chi connectivity index (χ3v) is 6.44. The van der Waals surface area contributed by atoms with E-state index in [0.29, 0.717) is 11.5 Å². The number of carbonyl (C=O) groups is 1. The molecular formula is C23H26ClFN2O2S. The molecule has 0 unspecified atom stereocenters. The standard InChI is InChI=1S/C23H25FN2O2S.ClH/c1-2-28-23(27)22-16-19-20(4-3-5-21(19)29-22)26-14-12-25(13-15-26)11-10-17-6-8-18(24)9-7-17;/h3-9,16H,2,10-15H2,1H3;1H. The maximum atomic E-state index is 13.0. The van der Waals surface area contributed by atoms with Crippen LogP contribution in [0.4, 0.5) is 10.1 Å². The number of nitrogens with zero attached hydrogens (tertiary/aromatic N) is 2. The van der Waals surface area contributed by atoms with Crippen molar-refractivity contribution in [2.75, 3.05) is 44.2 Å². The number of fused-ring (bicyclic) bond motifs is 1. The Morgan fingerprint density at radius 3 is 2.53 bits per heavy atom. The number of rotatable bonds is 6. The molecule has 160 valence electrons. The molecule has 1 saturated heterocycles. The number of anilines is 1. The summed E-state index contributed by atoms with van der Waals surface area (Å²) in [7, 11) is 0. The van der Waals surface area contributed by atoms with Crippen LogP contribution in [0.1, 0.15) is 22.2 Å². The first-order valence-electron chi connectivity index (χ1n) is 10.1. The van der Waals surface area contributed by atoms with Gasteiger partial charge in [-0.05, 0) is 49.2 Å². The van der Waals surface area contributed by atoms with Gasteiger partial charge in [-0.3, -0.25) is 4.90 Å². The van der Waals surface area contributed by atoms with Gasteiger partial charge in [-0.2, -0.15) is 0 Å². The van der Waals surface area contributed by atoms with E-state index in [9.17, 15) is 9.18 Å². The van der Waals surface area contributed by atoms with E-state index in [4.69, 9.17) is 4.74 Å². The Morgan fingerprint density at radius 2 is 1.83 bits per heavy atom. The first-order chi connectivity index (χ1) is 14.1. The Morgan fingerprint density at radius 1 is 1.10 bits per heavy atom. The number of piperazine rings is 1. The Bertz CT molecular complexity index is 985. The number of ether oxygens (including phenoxy) is 1. The number of thiophene rings is 1. The minimum Gasteiger partial charge on any atom is -0.462 e. The first kappa shape index (κ1) is 22.5. The molecule has 7 heteroatoms. The van der Waals surface area contributed by atoms with Gasteiger partial charge in [-0.1, -0.05) is 18.2 Å². The summed E-state index contributed by atoms with van der Waals surface area (Å²) in [6.07, 6.45) is 0.934. The third-order valence-electron chi connectivity index (χ3n) is 5.36. The van der Waals surface area contributed by atoms with Crippen LogP contribution in [0.5, 0.6) is 0 Å². The van der Waals surface area contributed by atoms with Crippen molar-refractivity contribution in [2.24, 2.45) is 0 Å². The second-order valence-electron chi connectivity index (χ2n) is 7.23. The summed E-state index contributed by atoms with van der Waals surface area (Å²) in [5.41, 5.74) is 2.36. The van der Waals surface area contributed by atoms with Gasteiger partial charge in [0.25, 0.3) is 0 Å². The SMILES string of the molecule is CCOC(=O)c1cc2c(N3CCN(CCc4ccc(F)cc4)CC3)cccc2s1.Cl. The van der Waals surface area contributed by atoms with Crippen molar-refractivity contribution in [1.29, 1.82) is 0 Å². The van der Waals surface area contributed by atoms with Crippen molar-refractivity contribution >= 4 is 45.5 Å². The molecular weight excluding hydrogens is 423 g/mol. The first-order valence-corrected chi connectivity index (χ1v) is 10.9. The van der Waals surface area contributed by atoms with Crippen LogP contribution in [0.3, 0.4) is 0 Å². The summed E-state index contributed by atoms with van der Waals surface area (Å²) in [6.45, 7) is 7.08. The minimum atomic E-state index is -0.245. The number of hydrogen-bond acceptors (Lipinski definition) is 5. The number of benzene rings is 2. The Balaban J connectivity index is 0.00000256. The van der Waals surface area contributed by atoms with Crippen molar-refractivity contribution in [1.82, 2.24) is 4.90 Å². The lowest BCUT2D eigenvalue weighted by Gasteiger charge is -2.36. The fraction of sp³-hybridized carbons (Fsp3) is 0.348. The highest BCUT2D eigenvalue weighted by molar-refractivity contribution is 7.20. The molecule has 0 N–H and O–H groups in total. The largest absolute Gasteiger partial charge is 0.462 e. The van der Waals surface area contributed by atoms with Gasteiger partial charge in [0, 0.05) is 48.5 Å². The lowest BCUT2D eigenvalue weighted by atomic mass is 10.1. The monoisotopic (exact) mass is 448 g/mol. The zero-order valence-corrected chi connectivity index (χ0v) is 18.6. The van der Waals surface area contributed by atoms with Crippen LogP contribution >= 0.6 is 23.7 Å². The molecule has 30 heavy (non-hydrogen) atoms. The molecule has 1 aliphatic rings. The van der Waals surface area contributed by atoms with E-state index < -0.39 is 0 Å². The molecule has 0 bridgehead atoms. The highest BCUT2D eigenvalue weighted by Crippen LogP contribution is 2.34. The zero-order chi connectivity index (χ0) is 20.2. The maximum Gasteiger partial charge on any atom is 0.348 e. The van der Waals surface area contributed by atoms with E-state index in [0.717, 1.165) is 49.2 Å². The summed E-state index contributed by atoms with van der Waals surface area (Å²) < 4.78 is 19.3. The fourth-order valence-electron chi connectivity index (χ4n) is 3.77. The van der Waals surface area contributed by atoms with Crippen LogP contribution in [0.15, 0.2) is 48.5 Å². The summed E-state index contributed by atoms with van der Waals surface area (Å²) >= 11 is 1.49. The average molecular weight is 449 g/mol. The van der Waals surface area contributed by atoms with E-state index >= 15 is 0 Å². The van der Waals surface area contributed by atoms with Crippen molar-refractivity contribution in [3.8, 4) is 0 Å². The predicted octanol–water partition coefficient (Wildman–Crippen LogP) is 5.00. The van der Waals surface area contributed by atoms with Crippen molar-refractivity contribution in [3.63, 3.8) is 0 Å². The number of carbonyl (C=O) groups excluding carboxylic acids is 1. The maximum absolute atomic E-state index is 13.0. The van der Waals surface area contributed by atoms with E-state index in [2.05, 4.69) is 28.0 Å². The second-order valence-corrected chi connectivity index (χ2v) is 8.31.